The van der Waals surface area contributed by atoms with Gasteiger partial charge in [-0.25, -0.2) is 4.39 Å². The number of hydrogen-bond donors (Lipinski definition) is 2. The van der Waals surface area contributed by atoms with Crippen molar-refractivity contribution < 1.29 is 23.1 Å². The van der Waals surface area contributed by atoms with Gasteiger partial charge in [-0.15, -0.1) is 0 Å². The molecule has 2 fully saturated rings. The molecule has 0 atom stereocenters. The molecule has 2 aliphatic rings. The van der Waals surface area contributed by atoms with E-state index in [2.05, 4.69) is 20.4 Å². The zero-order chi connectivity index (χ0) is 32.1. The highest BCUT2D eigenvalue weighted by atomic mass is 19.1. The van der Waals surface area contributed by atoms with Crippen LogP contribution >= 0.6 is 0 Å². The molecule has 2 N–H and O–H groups in total. The van der Waals surface area contributed by atoms with Gasteiger partial charge in [0.1, 0.15) is 16.8 Å². The van der Waals surface area contributed by atoms with Gasteiger partial charge in [-0.1, -0.05) is 24.3 Å². The van der Waals surface area contributed by atoms with E-state index in [1.807, 2.05) is 24.3 Å². The molecule has 2 aliphatic heterocycles. The van der Waals surface area contributed by atoms with E-state index < -0.39 is 17.2 Å². The summed E-state index contributed by atoms with van der Waals surface area (Å²) in [6.07, 6.45) is 1.50. The molecule has 47 heavy (non-hydrogen) atoms. The van der Waals surface area contributed by atoms with E-state index >= 15 is 4.39 Å². The molecule has 2 saturated heterocycles. The summed E-state index contributed by atoms with van der Waals surface area (Å²) >= 11 is 0. The van der Waals surface area contributed by atoms with Crippen molar-refractivity contribution >= 4 is 60.7 Å². The number of hydrogen-bond acceptors (Lipinski definition) is 9. The normalized spacial score (nSPS) is 16.6. The molecular weight excluding hydrogens is 605 g/mol. The predicted octanol–water partition coefficient (Wildman–Crippen LogP) is 3.25. The lowest BCUT2D eigenvalue weighted by molar-refractivity contribution is 0.0383. The molecule has 8 rings (SSSR count). The van der Waals surface area contributed by atoms with Crippen LogP contribution in [0.1, 0.15) is 10.4 Å². The Labute approximate surface area is 267 Å². The third-order valence-corrected chi connectivity index (χ3v) is 9.37. The Morgan fingerprint density at radius 3 is 2.19 bits per heavy atom. The van der Waals surface area contributed by atoms with Gasteiger partial charge in [-0.05, 0) is 29.0 Å². The van der Waals surface area contributed by atoms with Gasteiger partial charge in [0.2, 0.25) is 5.43 Å². The molecule has 0 unspecified atom stereocenters. The molecule has 1 amide bonds. The molecule has 0 bridgehead atoms. The number of aromatic nitrogens is 1. The summed E-state index contributed by atoms with van der Waals surface area (Å²) in [4.78, 5) is 45.2. The Morgan fingerprint density at radius 1 is 0.787 bits per heavy atom. The van der Waals surface area contributed by atoms with Crippen LogP contribution in [0.2, 0.25) is 0 Å². The second-order valence-corrected chi connectivity index (χ2v) is 12.1. The van der Waals surface area contributed by atoms with E-state index in [4.69, 9.17) is 13.9 Å². The number of nitrogens with zero attached hydrogens (tertiary/aromatic N) is 3. The fourth-order valence-electron chi connectivity index (χ4n) is 6.87. The van der Waals surface area contributed by atoms with Crippen molar-refractivity contribution in [1.29, 1.82) is 0 Å². The van der Waals surface area contributed by atoms with Crippen molar-refractivity contribution in [3.05, 3.63) is 80.5 Å². The third-order valence-electron chi connectivity index (χ3n) is 9.37. The van der Waals surface area contributed by atoms with Crippen molar-refractivity contribution in [3.63, 3.8) is 0 Å². The standard InChI is InChI=1S/C35H34FN5O6/c36-27-17-25-31-34(30(27)37-5-7-39-9-13-45-14-10-39)47-29-19-24-23(21-3-1-2-4-22(21)32(24)42)18-28(29)41(31)20-26(33(25)43)35(44)38-6-8-40-11-15-46-16-12-40/h1-4,17-20,37H,5-16H2,(H,38,44). The molecule has 4 heterocycles. The zero-order valence-corrected chi connectivity index (χ0v) is 25.8. The molecule has 12 heteroatoms. The lowest BCUT2D eigenvalue weighted by Crippen LogP contribution is -2.42. The highest BCUT2D eigenvalue weighted by Gasteiger charge is 2.24. The quantitative estimate of drug-likeness (QED) is 0.191. The maximum absolute atomic E-state index is 16.0. The minimum absolute atomic E-state index is 0.0275. The minimum atomic E-state index is -0.670. The van der Waals surface area contributed by atoms with Gasteiger partial charge >= 0.3 is 0 Å². The maximum atomic E-state index is 16.0. The first-order valence-corrected chi connectivity index (χ1v) is 16.0. The van der Waals surface area contributed by atoms with Crippen molar-refractivity contribution in [2.24, 2.45) is 0 Å². The fraction of sp³-hybridized carbons (Fsp3) is 0.343. The molecule has 6 aromatic rings. The molecule has 0 saturated carbocycles. The van der Waals surface area contributed by atoms with Gasteiger partial charge in [0, 0.05) is 69.3 Å². The van der Waals surface area contributed by atoms with Gasteiger partial charge in [0.25, 0.3) is 5.91 Å². The second-order valence-electron chi connectivity index (χ2n) is 12.1. The Kier molecular flexibility index (Phi) is 7.72. The van der Waals surface area contributed by atoms with Crippen molar-refractivity contribution in [2.45, 2.75) is 0 Å². The first kappa shape index (κ1) is 29.8. The number of ether oxygens (including phenoxy) is 2. The van der Waals surface area contributed by atoms with Crippen LogP contribution in [-0.2, 0) is 9.47 Å². The third kappa shape index (κ3) is 5.27. The van der Waals surface area contributed by atoms with Gasteiger partial charge in [-0.2, -0.15) is 0 Å². The van der Waals surface area contributed by atoms with Crippen molar-refractivity contribution in [2.75, 3.05) is 84.1 Å². The summed E-state index contributed by atoms with van der Waals surface area (Å²) < 4.78 is 34.9. The topological polar surface area (TPSA) is 118 Å². The van der Waals surface area contributed by atoms with E-state index in [0.717, 1.165) is 37.0 Å². The van der Waals surface area contributed by atoms with Crippen LogP contribution in [-0.4, -0.2) is 98.9 Å². The summed E-state index contributed by atoms with van der Waals surface area (Å²) in [6, 6.07) is 12.1. The maximum Gasteiger partial charge on any atom is 0.256 e. The Balaban J connectivity index is 1.28. The number of amides is 1. The van der Waals surface area contributed by atoms with E-state index in [1.54, 1.807) is 16.5 Å². The number of pyridine rings is 1. The van der Waals surface area contributed by atoms with Gasteiger partial charge < -0.3 is 28.9 Å². The predicted molar refractivity (Wildman–Crippen MR) is 179 cm³/mol. The highest BCUT2D eigenvalue weighted by molar-refractivity contribution is 6.15. The number of benzene rings is 3. The summed E-state index contributed by atoms with van der Waals surface area (Å²) in [5.74, 6) is -1.21. The number of anilines is 1. The number of halogens is 1. The molecular formula is C35H34FN5O6. The molecule has 0 radical (unpaired) electrons. The van der Waals surface area contributed by atoms with Crippen LogP contribution < -0.4 is 21.5 Å². The van der Waals surface area contributed by atoms with Crippen molar-refractivity contribution in [3.8, 4) is 0 Å². The Hall–Kier alpha value is -4.62. The molecule has 2 aromatic heterocycles. The lowest BCUT2D eigenvalue weighted by Gasteiger charge is -2.26. The minimum Gasteiger partial charge on any atom is -0.451 e. The number of nitrogens with one attached hydrogen (secondary N) is 2. The Bertz CT molecular complexity index is 2270. The zero-order valence-electron chi connectivity index (χ0n) is 25.8. The van der Waals surface area contributed by atoms with Crippen LogP contribution in [0, 0.1) is 5.82 Å². The number of morpholine rings is 2. The summed E-state index contributed by atoms with van der Waals surface area (Å²) in [5, 5.41) is 8.69. The average molecular weight is 640 g/mol. The van der Waals surface area contributed by atoms with Crippen LogP contribution in [0.25, 0.3) is 49.1 Å². The molecule has 242 valence electrons. The highest BCUT2D eigenvalue weighted by Crippen LogP contribution is 2.36. The Morgan fingerprint density at radius 2 is 1.47 bits per heavy atom. The van der Waals surface area contributed by atoms with Gasteiger partial charge in [0.05, 0.1) is 37.3 Å². The van der Waals surface area contributed by atoms with Crippen LogP contribution in [0.15, 0.2) is 62.7 Å². The molecule has 0 spiro atoms. The van der Waals surface area contributed by atoms with Crippen LogP contribution in [0.3, 0.4) is 0 Å². The summed E-state index contributed by atoms with van der Waals surface area (Å²) in [7, 11) is 0. The number of fused-ring (bicyclic) bond motifs is 5. The van der Waals surface area contributed by atoms with Gasteiger partial charge in [-0.3, -0.25) is 24.2 Å². The average Bonchev–Trinajstić information content (AvgIpc) is 3.37. The first-order valence-electron chi connectivity index (χ1n) is 16.0. The second kappa shape index (κ2) is 12.2. The molecule has 0 aliphatic carbocycles. The fourth-order valence-corrected chi connectivity index (χ4v) is 6.87. The lowest BCUT2D eigenvalue weighted by atomic mass is 10.1. The van der Waals surface area contributed by atoms with Crippen LogP contribution in [0.4, 0.5) is 10.1 Å². The van der Waals surface area contributed by atoms with Crippen molar-refractivity contribution in [1.82, 2.24) is 19.5 Å². The number of carbonyl (C=O) groups excluding carboxylic acids is 1. The number of carbonyl (C=O) groups is 1. The van der Waals surface area contributed by atoms with E-state index in [1.165, 1.54) is 12.3 Å². The largest absolute Gasteiger partial charge is 0.451 e. The smallest absolute Gasteiger partial charge is 0.256 e. The van der Waals surface area contributed by atoms with E-state index in [9.17, 15) is 14.4 Å². The van der Waals surface area contributed by atoms with Crippen LogP contribution in [0.5, 0.6) is 0 Å². The molecule has 4 aromatic carbocycles. The monoisotopic (exact) mass is 639 g/mol. The first-order chi connectivity index (χ1) is 23.0. The molecule has 11 nitrogen and oxygen atoms in total. The number of rotatable bonds is 8. The summed E-state index contributed by atoms with van der Waals surface area (Å²) in [6.45, 7) is 7.76. The summed E-state index contributed by atoms with van der Waals surface area (Å²) in [5.41, 5.74) is 0.635. The van der Waals surface area contributed by atoms with E-state index in [-0.39, 0.29) is 27.6 Å². The van der Waals surface area contributed by atoms with E-state index in [0.29, 0.717) is 80.0 Å². The van der Waals surface area contributed by atoms with Gasteiger partial charge in [0.15, 0.2) is 22.4 Å². The SMILES string of the molecule is O=C(NCCN1CCOCC1)c1cn2c3cc4c(cc3oc3c(NCCN5CCOCC5)c(F)cc(c1=O)c32)c(=O)c1ccccc14.